The third-order valence-corrected chi connectivity index (χ3v) is 4.46. The summed E-state index contributed by atoms with van der Waals surface area (Å²) in [6.07, 6.45) is 0.539. The fourth-order valence-electron chi connectivity index (χ4n) is 1.97. The number of rotatable bonds is 5. The number of hydrogen-bond acceptors (Lipinski definition) is 2. The lowest BCUT2D eigenvalue weighted by atomic mass is 10.1. The highest BCUT2D eigenvalue weighted by molar-refractivity contribution is 7.98. The van der Waals surface area contributed by atoms with Crippen LogP contribution in [0.2, 0.25) is 5.02 Å². The SMILES string of the molecule is CC(N)Cc1c(F)cccc1SCc1ccccc1Cl. The molecule has 0 aromatic heterocycles. The molecule has 0 aliphatic heterocycles. The van der Waals surface area contributed by atoms with Gasteiger partial charge in [0.25, 0.3) is 0 Å². The number of thioether (sulfide) groups is 1. The zero-order valence-corrected chi connectivity index (χ0v) is 12.8. The second kappa shape index (κ2) is 7.11. The standard InChI is InChI=1S/C16H17ClFNS/c1-11(19)9-13-15(18)7-4-8-16(13)20-10-12-5-2-3-6-14(12)17/h2-8,11H,9-10,19H2,1H3. The first-order valence-corrected chi connectivity index (χ1v) is 7.83. The molecule has 2 rings (SSSR count). The van der Waals surface area contributed by atoms with Crippen molar-refractivity contribution >= 4 is 23.4 Å². The van der Waals surface area contributed by atoms with Gasteiger partial charge in [0.15, 0.2) is 0 Å². The molecule has 1 atom stereocenters. The highest BCUT2D eigenvalue weighted by Gasteiger charge is 2.11. The second-order valence-corrected chi connectivity index (χ2v) is 6.20. The van der Waals surface area contributed by atoms with Crippen LogP contribution < -0.4 is 5.73 Å². The van der Waals surface area contributed by atoms with Crippen molar-refractivity contribution in [2.45, 2.75) is 30.0 Å². The Labute approximate surface area is 128 Å². The largest absolute Gasteiger partial charge is 0.328 e. The van der Waals surface area contributed by atoms with Gasteiger partial charge in [-0.15, -0.1) is 11.8 Å². The second-order valence-electron chi connectivity index (χ2n) is 4.78. The zero-order valence-electron chi connectivity index (χ0n) is 11.3. The molecule has 0 spiro atoms. The van der Waals surface area contributed by atoms with Gasteiger partial charge in [0, 0.05) is 27.3 Å². The van der Waals surface area contributed by atoms with Crippen LogP contribution >= 0.6 is 23.4 Å². The molecule has 0 radical (unpaired) electrons. The molecule has 106 valence electrons. The lowest BCUT2D eigenvalue weighted by Crippen LogP contribution is -2.19. The summed E-state index contributed by atoms with van der Waals surface area (Å²) in [7, 11) is 0. The first-order chi connectivity index (χ1) is 9.58. The molecule has 0 saturated carbocycles. The fraction of sp³-hybridized carbons (Fsp3) is 0.250. The summed E-state index contributed by atoms with van der Waals surface area (Å²) >= 11 is 7.73. The Kier molecular flexibility index (Phi) is 5.46. The maximum Gasteiger partial charge on any atom is 0.127 e. The smallest absolute Gasteiger partial charge is 0.127 e. The molecule has 2 aromatic rings. The highest BCUT2D eigenvalue weighted by atomic mass is 35.5. The average Bonchev–Trinajstić information content (AvgIpc) is 2.41. The van der Waals surface area contributed by atoms with Crippen LogP contribution in [0.4, 0.5) is 4.39 Å². The molecule has 0 amide bonds. The van der Waals surface area contributed by atoms with Crippen molar-refractivity contribution in [2.75, 3.05) is 0 Å². The van der Waals surface area contributed by atoms with Gasteiger partial charge in [0.2, 0.25) is 0 Å². The van der Waals surface area contributed by atoms with E-state index in [9.17, 15) is 4.39 Å². The van der Waals surface area contributed by atoms with Crippen molar-refractivity contribution < 1.29 is 4.39 Å². The van der Waals surface area contributed by atoms with Gasteiger partial charge >= 0.3 is 0 Å². The predicted octanol–water partition coefficient (Wildman–Crippen LogP) is 4.66. The summed E-state index contributed by atoms with van der Waals surface area (Å²) in [6.45, 7) is 1.88. The van der Waals surface area contributed by atoms with Gasteiger partial charge in [0.05, 0.1) is 0 Å². The lowest BCUT2D eigenvalue weighted by molar-refractivity contribution is 0.588. The summed E-state index contributed by atoms with van der Waals surface area (Å²) in [5.41, 5.74) is 7.54. The van der Waals surface area contributed by atoms with Crippen LogP contribution in [0.3, 0.4) is 0 Å². The maximum atomic E-state index is 13.9. The van der Waals surface area contributed by atoms with Gasteiger partial charge < -0.3 is 5.73 Å². The molecule has 1 nitrogen and oxygen atoms in total. The third kappa shape index (κ3) is 3.98. The van der Waals surface area contributed by atoms with Gasteiger partial charge in [0.1, 0.15) is 5.82 Å². The van der Waals surface area contributed by atoms with Crippen LogP contribution in [0, 0.1) is 5.82 Å². The van der Waals surface area contributed by atoms with Crippen LogP contribution in [0.5, 0.6) is 0 Å². The Hall–Kier alpha value is -1.03. The van der Waals surface area contributed by atoms with Gasteiger partial charge in [-0.3, -0.25) is 0 Å². The molecular formula is C16H17ClFNS. The quantitative estimate of drug-likeness (QED) is 0.813. The van der Waals surface area contributed by atoms with E-state index in [2.05, 4.69) is 0 Å². The van der Waals surface area contributed by atoms with Crippen LogP contribution in [0.15, 0.2) is 47.4 Å². The van der Waals surface area contributed by atoms with Gasteiger partial charge in [-0.2, -0.15) is 0 Å². The van der Waals surface area contributed by atoms with E-state index in [1.165, 1.54) is 6.07 Å². The van der Waals surface area contributed by atoms with Gasteiger partial charge in [-0.25, -0.2) is 4.39 Å². The van der Waals surface area contributed by atoms with Gasteiger partial charge in [-0.1, -0.05) is 35.9 Å². The normalized spacial score (nSPS) is 12.4. The summed E-state index contributed by atoms with van der Waals surface area (Å²) in [4.78, 5) is 0.933. The molecule has 0 fully saturated rings. The van der Waals surface area contributed by atoms with E-state index in [-0.39, 0.29) is 11.9 Å². The Balaban J connectivity index is 2.17. The minimum Gasteiger partial charge on any atom is -0.328 e. The molecule has 20 heavy (non-hydrogen) atoms. The molecule has 1 unspecified atom stereocenters. The van der Waals surface area contributed by atoms with E-state index in [4.69, 9.17) is 17.3 Å². The number of benzene rings is 2. The van der Waals surface area contributed by atoms with Crippen molar-refractivity contribution in [3.63, 3.8) is 0 Å². The van der Waals surface area contributed by atoms with Crippen LogP contribution in [0.1, 0.15) is 18.1 Å². The van der Waals surface area contributed by atoms with Crippen molar-refractivity contribution in [2.24, 2.45) is 5.73 Å². The van der Waals surface area contributed by atoms with E-state index in [0.717, 1.165) is 21.2 Å². The summed E-state index contributed by atoms with van der Waals surface area (Å²) in [6, 6.07) is 12.8. The topological polar surface area (TPSA) is 26.0 Å². The minimum absolute atomic E-state index is 0.0634. The predicted molar refractivity (Wildman–Crippen MR) is 84.8 cm³/mol. The Morgan fingerprint density at radius 3 is 2.65 bits per heavy atom. The van der Waals surface area contributed by atoms with Crippen LogP contribution in [-0.2, 0) is 12.2 Å². The van der Waals surface area contributed by atoms with E-state index in [1.54, 1.807) is 17.8 Å². The summed E-state index contributed by atoms with van der Waals surface area (Å²) < 4.78 is 13.9. The minimum atomic E-state index is -0.188. The van der Waals surface area contributed by atoms with Crippen LogP contribution in [-0.4, -0.2) is 6.04 Å². The highest BCUT2D eigenvalue weighted by Crippen LogP contribution is 2.30. The molecule has 4 heteroatoms. The average molecular weight is 310 g/mol. The summed E-state index contributed by atoms with van der Waals surface area (Å²) in [5, 5.41) is 0.741. The third-order valence-electron chi connectivity index (χ3n) is 2.94. The first-order valence-electron chi connectivity index (χ1n) is 6.47. The van der Waals surface area contributed by atoms with Crippen molar-refractivity contribution in [1.82, 2.24) is 0 Å². The number of nitrogens with two attached hydrogens (primary N) is 1. The molecule has 0 bridgehead atoms. The van der Waals surface area contributed by atoms with E-state index in [0.29, 0.717) is 12.0 Å². The maximum absolute atomic E-state index is 13.9. The monoisotopic (exact) mass is 309 g/mol. The molecule has 2 aromatic carbocycles. The van der Waals surface area contributed by atoms with Crippen molar-refractivity contribution in [1.29, 1.82) is 0 Å². The number of halogens is 2. The van der Waals surface area contributed by atoms with E-state index >= 15 is 0 Å². The fourth-order valence-corrected chi connectivity index (χ4v) is 3.34. The lowest BCUT2D eigenvalue weighted by Gasteiger charge is -2.12. The molecular weight excluding hydrogens is 293 g/mol. The Morgan fingerprint density at radius 1 is 1.20 bits per heavy atom. The molecule has 0 heterocycles. The molecule has 0 aliphatic carbocycles. The number of hydrogen-bond donors (Lipinski definition) is 1. The molecule has 0 aliphatic rings. The molecule has 0 saturated heterocycles. The van der Waals surface area contributed by atoms with Gasteiger partial charge in [-0.05, 0) is 37.1 Å². The van der Waals surface area contributed by atoms with E-state index < -0.39 is 0 Å². The van der Waals surface area contributed by atoms with Crippen molar-refractivity contribution in [3.05, 3.63) is 64.4 Å². The molecule has 2 N–H and O–H groups in total. The Morgan fingerprint density at radius 2 is 1.95 bits per heavy atom. The van der Waals surface area contributed by atoms with Crippen molar-refractivity contribution in [3.8, 4) is 0 Å². The zero-order chi connectivity index (χ0) is 14.5. The first kappa shape index (κ1) is 15.4. The summed E-state index contributed by atoms with van der Waals surface area (Å²) in [5.74, 6) is 0.529. The van der Waals surface area contributed by atoms with Crippen LogP contribution in [0.25, 0.3) is 0 Å². The Bertz CT molecular complexity index is 586. The van der Waals surface area contributed by atoms with E-state index in [1.807, 2.05) is 37.3 Å².